The molecule has 0 bridgehead atoms. The Morgan fingerprint density at radius 1 is 0.851 bits per heavy atom. The van der Waals surface area contributed by atoms with Crippen LogP contribution in [-0.4, -0.2) is 43.8 Å². The third-order valence-electron chi connectivity index (χ3n) is 8.49. The molecule has 0 unspecified atom stereocenters. The Labute approximate surface area is 287 Å². The van der Waals surface area contributed by atoms with Crippen molar-refractivity contribution in [1.29, 1.82) is 0 Å². The molecule has 47 heavy (non-hydrogen) atoms. The number of halogens is 2. The maximum absolute atomic E-state index is 14.7. The van der Waals surface area contributed by atoms with Crippen LogP contribution in [0.3, 0.4) is 0 Å². The Balaban J connectivity index is 1.57. The summed E-state index contributed by atoms with van der Waals surface area (Å²) in [5.41, 5.74) is 2.68. The summed E-state index contributed by atoms with van der Waals surface area (Å²) in [7, 11) is -4.22. The molecule has 0 spiro atoms. The van der Waals surface area contributed by atoms with Gasteiger partial charge in [0.2, 0.25) is 11.8 Å². The quantitative estimate of drug-likeness (QED) is 0.166. The van der Waals surface area contributed by atoms with Crippen LogP contribution < -0.4 is 9.62 Å². The summed E-state index contributed by atoms with van der Waals surface area (Å²) < 4.78 is 29.5. The van der Waals surface area contributed by atoms with E-state index in [2.05, 4.69) is 5.32 Å². The molecule has 7 nitrogen and oxygen atoms in total. The van der Waals surface area contributed by atoms with E-state index < -0.39 is 28.5 Å². The number of nitrogens with one attached hydrogen (secondary N) is 1. The van der Waals surface area contributed by atoms with E-state index in [9.17, 15) is 18.0 Å². The molecule has 1 atom stereocenters. The molecule has 10 heteroatoms. The third kappa shape index (κ3) is 8.95. The van der Waals surface area contributed by atoms with Gasteiger partial charge in [0.1, 0.15) is 12.6 Å². The van der Waals surface area contributed by atoms with Crippen LogP contribution in [0.5, 0.6) is 0 Å². The molecule has 0 aliphatic heterocycles. The molecule has 0 radical (unpaired) electrons. The van der Waals surface area contributed by atoms with E-state index in [0.717, 1.165) is 47.5 Å². The molecular formula is C37H39Cl2N3O4S. The molecular weight excluding hydrogens is 653 g/mol. The number of benzene rings is 4. The normalized spacial score (nSPS) is 14.3. The number of rotatable bonds is 12. The van der Waals surface area contributed by atoms with Crippen molar-refractivity contribution in [1.82, 2.24) is 10.2 Å². The fraction of sp³-hybridized carbons (Fsp3) is 0.297. The van der Waals surface area contributed by atoms with Crippen molar-refractivity contribution in [3.05, 3.63) is 130 Å². The molecule has 4 aromatic rings. The first-order valence-corrected chi connectivity index (χ1v) is 18.0. The van der Waals surface area contributed by atoms with Gasteiger partial charge in [-0.15, -0.1) is 0 Å². The Bertz CT molecular complexity index is 1780. The third-order valence-corrected chi connectivity index (χ3v) is 10.9. The van der Waals surface area contributed by atoms with Crippen molar-refractivity contribution in [3.63, 3.8) is 0 Å². The summed E-state index contributed by atoms with van der Waals surface area (Å²) in [5, 5.41) is 4.05. The van der Waals surface area contributed by atoms with Crippen LogP contribution in [0.2, 0.25) is 10.0 Å². The predicted octanol–water partition coefficient (Wildman–Crippen LogP) is 7.59. The van der Waals surface area contributed by atoms with Crippen LogP contribution in [0.15, 0.2) is 108 Å². The van der Waals surface area contributed by atoms with Crippen molar-refractivity contribution in [2.45, 2.75) is 69.0 Å². The Morgan fingerprint density at radius 2 is 1.53 bits per heavy atom. The minimum atomic E-state index is -4.22. The van der Waals surface area contributed by atoms with Crippen molar-refractivity contribution < 1.29 is 18.0 Å². The highest BCUT2D eigenvalue weighted by Crippen LogP contribution is 2.28. The van der Waals surface area contributed by atoms with Crippen molar-refractivity contribution >= 4 is 50.7 Å². The minimum Gasteiger partial charge on any atom is -0.352 e. The monoisotopic (exact) mass is 691 g/mol. The number of anilines is 1. The second-order valence-electron chi connectivity index (χ2n) is 12.0. The van der Waals surface area contributed by atoms with Crippen LogP contribution >= 0.6 is 23.2 Å². The van der Waals surface area contributed by atoms with Crippen molar-refractivity contribution in [2.24, 2.45) is 0 Å². The maximum atomic E-state index is 14.7. The van der Waals surface area contributed by atoms with Gasteiger partial charge in [-0.2, -0.15) is 0 Å². The summed E-state index contributed by atoms with van der Waals surface area (Å²) in [6.45, 7) is 1.32. The first-order chi connectivity index (χ1) is 22.6. The molecule has 2 amide bonds. The SMILES string of the molecule is Cc1cccc(N(CC(=O)N(Cc2ccccc2Cl)[C@@H](Cc2ccccc2)C(=O)NC2CCCCC2)S(=O)(=O)c2ccc(Cl)cc2)c1. The van der Waals surface area contributed by atoms with Gasteiger partial charge in [-0.25, -0.2) is 8.42 Å². The zero-order valence-electron chi connectivity index (χ0n) is 26.3. The molecule has 5 rings (SSSR count). The minimum absolute atomic E-state index is 0.00950. The van der Waals surface area contributed by atoms with E-state index >= 15 is 0 Å². The number of carbonyl (C=O) groups excluding carboxylic acids is 2. The first kappa shape index (κ1) is 34.5. The largest absolute Gasteiger partial charge is 0.352 e. The number of carbonyl (C=O) groups is 2. The molecule has 4 aromatic carbocycles. The van der Waals surface area contributed by atoms with Gasteiger partial charge in [0.05, 0.1) is 10.6 Å². The van der Waals surface area contributed by atoms with Crippen molar-refractivity contribution in [2.75, 3.05) is 10.8 Å². The van der Waals surface area contributed by atoms with E-state index in [-0.39, 0.29) is 29.8 Å². The fourth-order valence-corrected chi connectivity index (χ4v) is 7.68. The predicted molar refractivity (Wildman–Crippen MR) is 188 cm³/mol. The number of aryl methyl sites for hydroxylation is 1. The molecule has 1 fully saturated rings. The average molecular weight is 693 g/mol. The van der Waals surface area contributed by atoms with E-state index in [1.165, 1.54) is 29.2 Å². The Kier molecular flexibility index (Phi) is 11.6. The van der Waals surface area contributed by atoms with Gasteiger partial charge in [0.25, 0.3) is 10.0 Å². The van der Waals surface area contributed by atoms with E-state index in [1.807, 2.05) is 55.5 Å². The Hall–Kier alpha value is -3.85. The summed E-state index contributed by atoms with van der Waals surface area (Å²) in [6, 6.07) is 28.6. The van der Waals surface area contributed by atoms with Crippen LogP contribution in [-0.2, 0) is 32.6 Å². The van der Waals surface area contributed by atoms with E-state index in [0.29, 0.717) is 21.3 Å². The van der Waals surface area contributed by atoms with Crippen LogP contribution in [0.1, 0.15) is 48.8 Å². The van der Waals surface area contributed by atoms with Crippen molar-refractivity contribution in [3.8, 4) is 0 Å². The molecule has 1 N–H and O–H groups in total. The summed E-state index contributed by atoms with van der Waals surface area (Å²) in [5.74, 6) is -0.812. The molecule has 1 aliphatic carbocycles. The number of hydrogen-bond acceptors (Lipinski definition) is 4. The molecule has 0 aromatic heterocycles. The topological polar surface area (TPSA) is 86.8 Å². The highest BCUT2D eigenvalue weighted by atomic mass is 35.5. The summed E-state index contributed by atoms with van der Waals surface area (Å²) >= 11 is 12.7. The lowest BCUT2D eigenvalue weighted by atomic mass is 9.94. The number of hydrogen-bond donors (Lipinski definition) is 1. The zero-order chi connectivity index (χ0) is 33.4. The van der Waals surface area contributed by atoms with Gasteiger partial charge in [0.15, 0.2) is 0 Å². The van der Waals surface area contributed by atoms with Gasteiger partial charge >= 0.3 is 0 Å². The zero-order valence-corrected chi connectivity index (χ0v) is 28.6. The van der Waals surface area contributed by atoms with Gasteiger partial charge in [-0.05, 0) is 78.9 Å². The standard InChI is InChI=1S/C37H39Cl2N3O4S/c1-27-11-10-17-32(23-27)42(47(45,46)33-21-19-30(38)20-22-33)26-36(43)41(25-29-14-8-9-18-34(29)39)35(24-28-12-4-2-5-13-28)37(44)40-31-15-6-3-7-16-31/h2,4-5,8-14,17-23,31,35H,3,6-7,15-16,24-26H2,1H3,(H,40,44)/t35-/m0/s1. The average Bonchev–Trinajstić information content (AvgIpc) is 3.07. The highest BCUT2D eigenvalue weighted by molar-refractivity contribution is 7.92. The molecule has 1 saturated carbocycles. The molecule has 0 saturated heterocycles. The lowest BCUT2D eigenvalue weighted by molar-refractivity contribution is -0.140. The fourth-order valence-electron chi connectivity index (χ4n) is 5.95. The maximum Gasteiger partial charge on any atom is 0.264 e. The summed E-state index contributed by atoms with van der Waals surface area (Å²) in [4.78, 5) is 30.3. The number of amides is 2. The van der Waals surface area contributed by atoms with Gasteiger partial charge < -0.3 is 10.2 Å². The number of sulfonamides is 1. The van der Waals surface area contributed by atoms with Crippen LogP contribution in [0, 0.1) is 6.92 Å². The van der Waals surface area contributed by atoms with Crippen LogP contribution in [0.25, 0.3) is 0 Å². The number of nitrogens with zero attached hydrogens (tertiary/aromatic N) is 2. The second-order valence-corrected chi connectivity index (χ2v) is 14.7. The summed E-state index contributed by atoms with van der Waals surface area (Å²) in [6.07, 6.45) is 5.19. The lowest BCUT2D eigenvalue weighted by Gasteiger charge is -2.35. The molecule has 0 heterocycles. The van der Waals surface area contributed by atoms with Gasteiger partial charge in [-0.3, -0.25) is 13.9 Å². The van der Waals surface area contributed by atoms with Gasteiger partial charge in [0, 0.05) is 29.1 Å². The van der Waals surface area contributed by atoms with E-state index in [4.69, 9.17) is 23.2 Å². The Morgan fingerprint density at radius 3 is 2.21 bits per heavy atom. The van der Waals surface area contributed by atoms with E-state index in [1.54, 1.807) is 30.3 Å². The molecule has 1 aliphatic rings. The smallest absolute Gasteiger partial charge is 0.264 e. The highest BCUT2D eigenvalue weighted by Gasteiger charge is 2.35. The first-order valence-electron chi connectivity index (χ1n) is 15.8. The second kappa shape index (κ2) is 15.8. The van der Waals surface area contributed by atoms with Crippen LogP contribution in [0.4, 0.5) is 5.69 Å². The lowest BCUT2D eigenvalue weighted by Crippen LogP contribution is -2.55. The molecule has 246 valence electrons. The van der Waals surface area contributed by atoms with Gasteiger partial charge in [-0.1, -0.05) is 103 Å².